The minimum absolute atomic E-state index is 0.153. The quantitative estimate of drug-likeness (QED) is 0.888. The van der Waals surface area contributed by atoms with Gasteiger partial charge in [-0.1, -0.05) is 0 Å². The summed E-state index contributed by atoms with van der Waals surface area (Å²) >= 11 is 1.68. The molecular formula is C12H19N3OS. The van der Waals surface area contributed by atoms with Crippen molar-refractivity contribution in [2.45, 2.75) is 32.7 Å². The number of thiazole rings is 1. The average Bonchev–Trinajstić information content (AvgIpc) is 2.95. The van der Waals surface area contributed by atoms with Gasteiger partial charge in [-0.2, -0.15) is 0 Å². The van der Waals surface area contributed by atoms with Gasteiger partial charge in [0.05, 0.1) is 12.6 Å². The molecule has 0 aromatic carbocycles. The number of nitrogens with one attached hydrogen (secondary N) is 1. The van der Waals surface area contributed by atoms with Gasteiger partial charge in [-0.3, -0.25) is 10.1 Å². The first-order chi connectivity index (χ1) is 8.16. The molecule has 1 aliphatic heterocycles. The molecule has 4 nitrogen and oxygen atoms in total. The average molecular weight is 253 g/mol. The Morgan fingerprint density at radius 3 is 2.88 bits per heavy atom. The second-order valence-corrected chi connectivity index (χ2v) is 5.77. The predicted molar refractivity (Wildman–Crippen MR) is 69.1 cm³/mol. The number of hydrogen-bond donors (Lipinski definition) is 1. The molecule has 0 bridgehead atoms. The lowest BCUT2D eigenvalue weighted by molar-refractivity contribution is -0.129. The fourth-order valence-electron chi connectivity index (χ4n) is 1.98. The molecule has 1 saturated heterocycles. The summed E-state index contributed by atoms with van der Waals surface area (Å²) in [6.07, 6.45) is 4.17. The Bertz CT molecular complexity index is 385. The van der Waals surface area contributed by atoms with Crippen LogP contribution < -0.4 is 5.32 Å². The van der Waals surface area contributed by atoms with Crippen molar-refractivity contribution in [1.82, 2.24) is 15.2 Å². The van der Waals surface area contributed by atoms with Gasteiger partial charge in [0.1, 0.15) is 5.01 Å². The van der Waals surface area contributed by atoms with Crippen molar-refractivity contribution in [3.05, 3.63) is 16.1 Å². The summed E-state index contributed by atoms with van der Waals surface area (Å²) < 4.78 is 0. The van der Waals surface area contributed by atoms with Gasteiger partial charge in [-0.25, -0.2) is 4.98 Å². The Labute approximate surface area is 106 Å². The highest BCUT2D eigenvalue weighted by molar-refractivity contribution is 7.11. The van der Waals surface area contributed by atoms with Crippen LogP contribution in [-0.2, 0) is 4.79 Å². The van der Waals surface area contributed by atoms with Gasteiger partial charge in [0.25, 0.3) is 0 Å². The van der Waals surface area contributed by atoms with Crippen LogP contribution in [0, 0.1) is 6.92 Å². The van der Waals surface area contributed by atoms with Gasteiger partial charge in [-0.15, -0.1) is 11.3 Å². The molecule has 17 heavy (non-hydrogen) atoms. The minimum Gasteiger partial charge on any atom is -0.342 e. The molecule has 0 spiro atoms. The zero-order valence-corrected chi connectivity index (χ0v) is 11.2. The third-order valence-electron chi connectivity index (χ3n) is 3.03. The lowest BCUT2D eigenvalue weighted by Crippen LogP contribution is -2.37. The highest BCUT2D eigenvalue weighted by Crippen LogP contribution is 2.18. The van der Waals surface area contributed by atoms with E-state index in [1.54, 1.807) is 11.3 Å². The van der Waals surface area contributed by atoms with E-state index in [2.05, 4.69) is 17.2 Å². The van der Waals surface area contributed by atoms with Crippen LogP contribution in [0.2, 0.25) is 0 Å². The van der Waals surface area contributed by atoms with Crippen molar-refractivity contribution in [3.8, 4) is 0 Å². The van der Waals surface area contributed by atoms with Crippen molar-refractivity contribution in [1.29, 1.82) is 0 Å². The summed E-state index contributed by atoms with van der Waals surface area (Å²) in [7, 11) is 0. The Balaban J connectivity index is 1.79. The number of aromatic nitrogens is 1. The number of aryl methyl sites for hydroxylation is 1. The first-order valence-corrected chi connectivity index (χ1v) is 6.92. The van der Waals surface area contributed by atoms with Crippen molar-refractivity contribution in [3.63, 3.8) is 0 Å². The molecule has 1 aliphatic rings. The van der Waals surface area contributed by atoms with Gasteiger partial charge in [0.15, 0.2) is 0 Å². The fourth-order valence-corrected chi connectivity index (χ4v) is 2.78. The number of hydrogen-bond acceptors (Lipinski definition) is 4. The monoisotopic (exact) mass is 253 g/mol. The normalized spacial score (nSPS) is 17.4. The van der Waals surface area contributed by atoms with Crippen LogP contribution in [0.15, 0.2) is 6.20 Å². The maximum absolute atomic E-state index is 11.8. The van der Waals surface area contributed by atoms with Crippen molar-refractivity contribution < 1.29 is 4.79 Å². The number of amides is 1. The number of likely N-dealkylation sites (tertiary alicyclic amines) is 1. The van der Waals surface area contributed by atoms with Crippen LogP contribution in [0.3, 0.4) is 0 Å². The second kappa shape index (κ2) is 5.60. The molecule has 0 aliphatic carbocycles. The Morgan fingerprint density at radius 1 is 1.59 bits per heavy atom. The molecule has 1 aromatic rings. The van der Waals surface area contributed by atoms with Gasteiger partial charge >= 0.3 is 0 Å². The highest BCUT2D eigenvalue weighted by Gasteiger charge is 2.18. The van der Waals surface area contributed by atoms with E-state index >= 15 is 0 Å². The molecule has 5 heteroatoms. The predicted octanol–water partition coefficient (Wildman–Crippen LogP) is 1.72. The second-order valence-electron chi connectivity index (χ2n) is 4.50. The first-order valence-electron chi connectivity index (χ1n) is 6.10. The van der Waals surface area contributed by atoms with Crippen LogP contribution >= 0.6 is 11.3 Å². The van der Waals surface area contributed by atoms with E-state index in [-0.39, 0.29) is 11.9 Å². The van der Waals surface area contributed by atoms with Crippen LogP contribution in [0.5, 0.6) is 0 Å². The smallest absolute Gasteiger partial charge is 0.236 e. The van der Waals surface area contributed by atoms with Crippen molar-refractivity contribution in [2.75, 3.05) is 19.6 Å². The van der Waals surface area contributed by atoms with Gasteiger partial charge in [-0.05, 0) is 26.7 Å². The SMILES string of the molecule is Cc1cnc(C(C)NCC(=O)N2CCCC2)s1. The molecule has 2 heterocycles. The Hall–Kier alpha value is -0.940. The van der Waals surface area contributed by atoms with E-state index in [4.69, 9.17) is 0 Å². The van der Waals surface area contributed by atoms with Gasteiger partial charge in [0.2, 0.25) is 5.91 Å². The van der Waals surface area contributed by atoms with E-state index in [9.17, 15) is 4.79 Å². The number of carbonyl (C=O) groups excluding carboxylic acids is 1. The maximum atomic E-state index is 11.8. The lowest BCUT2D eigenvalue weighted by atomic mass is 10.3. The number of nitrogens with zero attached hydrogens (tertiary/aromatic N) is 2. The number of rotatable bonds is 4. The van der Waals surface area contributed by atoms with E-state index in [0.717, 1.165) is 30.9 Å². The fraction of sp³-hybridized carbons (Fsp3) is 0.667. The molecule has 1 amide bonds. The molecule has 1 fully saturated rings. The molecule has 1 aromatic heterocycles. The largest absolute Gasteiger partial charge is 0.342 e. The summed E-state index contributed by atoms with van der Waals surface area (Å²) in [5, 5.41) is 4.30. The topological polar surface area (TPSA) is 45.2 Å². The molecule has 2 rings (SSSR count). The molecule has 0 saturated carbocycles. The van der Waals surface area contributed by atoms with Crippen LogP contribution in [0.4, 0.5) is 0 Å². The zero-order chi connectivity index (χ0) is 12.3. The van der Waals surface area contributed by atoms with E-state index < -0.39 is 0 Å². The molecule has 1 atom stereocenters. The van der Waals surface area contributed by atoms with Crippen LogP contribution in [0.1, 0.15) is 35.7 Å². The third kappa shape index (κ3) is 3.26. The molecule has 0 radical (unpaired) electrons. The van der Waals surface area contributed by atoms with Crippen LogP contribution in [-0.4, -0.2) is 35.4 Å². The van der Waals surface area contributed by atoms with Crippen molar-refractivity contribution >= 4 is 17.2 Å². The zero-order valence-electron chi connectivity index (χ0n) is 10.4. The first kappa shape index (κ1) is 12.5. The van der Waals surface area contributed by atoms with Gasteiger partial charge < -0.3 is 4.90 Å². The van der Waals surface area contributed by atoms with Gasteiger partial charge in [0, 0.05) is 24.2 Å². The summed E-state index contributed by atoms with van der Waals surface area (Å²) in [6.45, 7) is 6.36. The maximum Gasteiger partial charge on any atom is 0.236 e. The standard InChI is InChI=1S/C12H19N3OS/c1-9-7-14-12(17-9)10(2)13-8-11(16)15-5-3-4-6-15/h7,10,13H,3-6,8H2,1-2H3. The summed E-state index contributed by atoms with van der Waals surface area (Å²) in [5.41, 5.74) is 0. The van der Waals surface area contributed by atoms with Crippen molar-refractivity contribution in [2.24, 2.45) is 0 Å². The minimum atomic E-state index is 0.153. The van der Waals surface area contributed by atoms with E-state index in [1.807, 2.05) is 18.0 Å². The Morgan fingerprint density at radius 2 is 2.29 bits per heavy atom. The van der Waals surface area contributed by atoms with E-state index in [0.29, 0.717) is 6.54 Å². The summed E-state index contributed by atoms with van der Waals surface area (Å²) in [6, 6.07) is 0.153. The summed E-state index contributed by atoms with van der Waals surface area (Å²) in [5.74, 6) is 0.211. The molecular weight excluding hydrogens is 234 g/mol. The number of carbonyl (C=O) groups is 1. The third-order valence-corrected chi connectivity index (χ3v) is 4.12. The molecule has 1 unspecified atom stereocenters. The molecule has 1 N–H and O–H groups in total. The molecule has 94 valence electrons. The van der Waals surface area contributed by atoms with E-state index in [1.165, 1.54) is 4.88 Å². The lowest BCUT2D eigenvalue weighted by Gasteiger charge is -2.17. The Kier molecular flexibility index (Phi) is 4.12. The summed E-state index contributed by atoms with van der Waals surface area (Å²) in [4.78, 5) is 19.3. The highest BCUT2D eigenvalue weighted by atomic mass is 32.1. The van der Waals surface area contributed by atoms with Crippen LogP contribution in [0.25, 0.3) is 0 Å².